The maximum absolute atomic E-state index is 12.1. The van der Waals surface area contributed by atoms with Crippen LogP contribution >= 0.6 is 35.0 Å². The van der Waals surface area contributed by atoms with Crippen LogP contribution in [0.15, 0.2) is 47.4 Å². The lowest BCUT2D eigenvalue weighted by Crippen LogP contribution is -2.23. The van der Waals surface area contributed by atoms with Gasteiger partial charge in [0.05, 0.1) is 10.6 Å². The minimum Gasteiger partial charge on any atom is -0.348 e. The Morgan fingerprint density at radius 3 is 2.50 bits per heavy atom. The Morgan fingerprint density at radius 2 is 1.85 bits per heavy atom. The third kappa shape index (κ3) is 3.92. The van der Waals surface area contributed by atoms with Crippen molar-refractivity contribution in [3.8, 4) is 0 Å². The minimum absolute atomic E-state index is 0.180. The first-order valence-corrected chi connectivity index (χ1v) is 7.94. The summed E-state index contributed by atoms with van der Waals surface area (Å²) in [7, 11) is 0. The van der Waals surface area contributed by atoms with Gasteiger partial charge in [-0.15, -0.1) is 11.8 Å². The fourth-order valence-electron chi connectivity index (χ4n) is 1.69. The average Bonchev–Trinajstić information content (AvgIpc) is 2.47. The second kappa shape index (κ2) is 7.02. The zero-order valence-electron chi connectivity index (χ0n) is 10.8. The fraction of sp³-hybridized carbons (Fsp3) is 0.133. The maximum Gasteiger partial charge on any atom is 0.253 e. The molecule has 0 aromatic heterocycles. The van der Waals surface area contributed by atoms with Gasteiger partial charge in [-0.25, -0.2) is 0 Å². The number of halogens is 2. The number of thioether (sulfide) groups is 1. The van der Waals surface area contributed by atoms with Gasteiger partial charge < -0.3 is 5.32 Å². The fourth-order valence-corrected chi connectivity index (χ4v) is 2.45. The largest absolute Gasteiger partial charge is 0.348 e. The van der Waals surface area contributed by atoms with Crippen molar-refractivity contribution in [3.63, 3.8) is 0 Å². The molecule has 20 heavy (non-hydrogen) atoms. The minimum atomic E-state index is -0.180. The van der Waals surface area contributed by atoms with E-state index in [9.17, 15) is 4.79 Å². The molecule has 5 heteroatoms. The van der Waals surface area contributed by atoms with Crippen LogP contribution in [0, 0.1) is 0 Å². The lowest BCUT2D eigenvalue weighted by atomic mass is 10.2. The van der Waals surface area contributed by atoms with Crippen LogP contribution in [0.1, 0.15) is 15.9 Å². The molecule has 0 saturated carbocycles. The molecule has 0 saturated heterocycles. The zero-order valence-corrected chi connectivity index (χ0v) is 13.1. The summed E-state index contributed by atoms with van der Waals surface area (Å²) in [5.74, 6) is -0.180. The van der Waals surface area contributed by atoms with Crippen LogP contribution in [0.3, 0.4) is 0 Å². The standard InChI is InChI=1S/C15H13Cl2NOS/c1-20-12-6-7-14(17)13(8-12)15(19)18-9-10-2-4-11(16)5-3-10/h2-8H,9H2,1H3,(H,18,19). The summed E-state index contributed by atoms with van der Waals surface area (Å²) in [5.41, 5.74) is 1.48. The van der Waals surface area contributed by atoms with E-state index in [1.807, 2.05) is 24.5 Å². The number of rotatable bonds is 4. The summed E-state index contributed by atoms with van der Waals surface area (Å²) in [5, 5.41) is 3.98. The summed E-state index contributed by atoms with van der Waals surface area (Å²) in [6, 6.07) is 12.8. The molecule has 0 aliphatic rings. The molecule has 1 amide bonds. The molecule has 0 radical (unpaired) electrons. The van der Waals surface area contributed by atoms with E-state index in [0.29, 0.717) is 22.2 Å². The Balaban J connectivity index is 2.06. The molecule has 2 rings (SSSR count). The van der Waals surface area contributed by atoms with Crippen LogP contribution in [0.4, 0.5) is 0 Å². The molecule has 0 spiro atoms. The van der Waals surface area contributed by atoms with Crippen molar-refractivity contribution >= 4 is 40.9 Å². The molecule has 2 aromatic carbocycles. The Labute approximate surface area is 132 Å². The number of carbonyl (C=O) groups is 1. The summed E-state index contributed by atoms with van der Waals surface area (Å²) < 4.78 is 0. The van der Waals surface area contributed by atoms with E-state index < -0.39 is 0 Å². The summed E-state index contributed by atoms with van der Waals surface area (Å²) >= 11 is 13.5. The van der Waals surface area contributed by atoms with Gasteiger partial charge >= 0.3 is 0 Å². The van der Waals surface area contributed by atoms with E-state index in [-0.39, 0.29) is 5.91 Å². The van der Waals surface area contributed by atoms with E-state index in [2.05, 4.69) is 5.32 Å². The van der Waals surface area contributed by atoms with Gasteiger partial charge in [-0.1, -0.05) is 35.3 Å². The monoisotopic (exact) mass is 325 g/mol. The Kier molecular flexibility index (Phi) is 5.35. The molecule has 1 N–H and O–H groups in total. The van der Waals surface area contributed by atoms with Gasteiger partial charge in [-0.2, -0.15) is 0 Å². The predicted molar refractivity (Wildman–Crippen MR) is 85.9 cm³/mol. The Hall–Kier alpha value is -1.16. The van der Waals surface area contributed by atoms with Crippen LogP contribution < -0.4 is 5.32 Å². The predicted octanol–water partition coefficient (Wildman–Crippen LogP) is 4.65. The first-order valence-electron chi connectivity index (χ1n) is 5.96. The van der Waals surface area contributed by atoms with Gasteiger partial charge in [-0.05, 0) is 42.2 Å². The number of hydrogen-bond acceptors (Lipinski definition) is 2. The number of amides is 1. The van der Waals surface area contributed by atoms with Crippen molar-refractivity contribution < 1.29 is 4.79 Å². The van der Waals surface area contributed by atoms with Crippen molar-refractivity contribution in [2.24, 2.45) is 0 Å². The SMILES string of the molecule is CSc1ccc(Cl)c(C(=O)NCc2ccc(Cl)cc2)c1. The van der Waals surface area contributed by atoms with Crippen molar-refractivity contribution in [1.29, 1.82) is 0 Å². The van der Waals surface area contributed by atoms with E-state index in [4.69, 9.17) is 23.2 Å². The second-order valence-electron chi connectivity index (χ2n) is 4.15. The molecular weight excluding hydrogens is 313 g/mol. The normalized spacial score (nSPS) is 10.3. The van der Waals surface area contributed by atoms with E-state index >= 15 is 0 Å². The van der Waals surface area contributed by atoms with E-state index in [0.717, 1.165) is 10.5 Å². The van der Waals surface area contributed by atoms with Crippen LogP contribution in [-0.2, 0) is 6.54 Å². The number of carbonyl (C=O) groups excluding carboxylic acids is 1. The third-order valence-corrected chi connectivity index (χ3v) is 4.09. The lowest BCUT2D eigenvalue weighted by molar-refractivity contribution is 0.0951. The van der Waals surface area contributed by atoms with Crippen LogP contribution in [0.25, 0.3) is 0 Å². The van der Waals surface area contributed by atoms with Crippen LogP contribution in [0.2, 0.25) is 10.0 Å². The molecular formula is C15H13Cl2NOS. The van der Waals surface area contributed by atoms with Gasteiger partial charge in [0, 0.05) is 16.5 Å². The molecule has 0 bridgehead atoms. The van der Waals surface area contributed by atoms with E-state index in [1.54, 1.807) is 36.0 Å². The molecule has 2 nitrogen and oxygen atoms in total. The van der Waals surface area contributed by atoms with E-state index in [1.165, 1.54) is 0 Å². The van der Waals surface area contributed by atoms with Crippen LogP contribution in [0.5, 0.6) is 0 Å². The molecule has 0 heterocycles. The summed E-state index contributed by atoms with van der Waals surface area (Å²) in [4.78, 5) is 13.1. The summed E-state index contributed by atoms with van der Waals surface area (Å²) in [6.07, 6.45) is 1.96. The molecule has 2 aromatic rings. The molecule has 0 aliphatic heterocycles. The van der Waals surface area contributed by atoms with Crippen molar-refractivity contribution in [2.75, 3.05) is 6.26 Å². The Morgan fingerprint density at radius 1 is 1.15 bits per heavy atom. The Bertz CT molecular complexity index is 614. The quantitative estimate of drug-likeness (QED) is 0.829. The highest BCUT2D eigenvalue weighted by molar-refractivity contribution is 7.98. The van der Waals surface area contributed by atoms with Gasteiger partial charge in [0.25, 0.3) is 5.91 Å². The van der Waals surface area contributed by atoms with Gasteiger partial charge in [-0.3, -0.25) is 4.79 Å². The van der Waals surface area contributed by atoms with Gasteiger partial charge in [0.2, 0.25) is 0 Å². The highest BCUT2D eigenvalue weighted by atomic mass is 35.5. The first-order chi connectivity index (χ1) is 9.60. The van der Waals surface area contributed by atoms with Crippen LogP contribution in [-0.4, -0.2) is 12.2 Å². The highest BCUT2D eigenvalue weighted by Gasteiger charge is 2.10. The first kappa shape index (κ1) is 15.2. The van der Waals surface area contributed by atoms with Crippen molar-refractivity contribution in [3.05, 3.63) is 63.6 Å². The average molecular weight is 326 g/mol. The molecule has 0 unspecified atom stereocenters. The van der Waals surface area contributed by atoms with Crippen molar-refractivity contribution in [1.82, 2.24) is 5.32 Å². The summed E-state index contributed by atoms with van der Waals surface area (Å²) in [6.45, 7) is 0.440. The van der Waals surface area contributed by atoms with Gasteiger partial charge in [0.15, 0.2) is 0 Å². The molecule has 0 atom stereocenters. The van der Waals surface area contributed by atoms with Gasteiger partial charge in [0.1, 0.15) is 0 Å². The smallest absolute Gasteiger partial charge is 0.253 e. The zero-order chi connectivity index (χ0) is 14.5. The lowest BCUT2D eigenvalue weighted by Gasteiger charge is -2.08. The van der Waals surface area contributed by atoms with Crippen molar-refractivity contribution in [2.45, 2.75) is 11.4 Å². The second-order valence-corrected chi connectivity index (χ2v) is 5.88. The molecule has 0 fully saturated rings. The maximum atomic E-state index is 12.1. The number of hydrogen-bond donors (Lipinski definition) is 1. The highest BCUT2D eigenvalue weighted by Crippen LogP contribution is 2.23. The number of nitrogens with one attached hydrogen (secondary N) is 1. The third-order valence-electron chi connectivity index (χ3n) is 2.78. The molecule has 0 aliphatic carbocycles. The number of benzene rings is 2. The topological polar surface area (TPSA) is 29.1 Å². The molecule has 104 valence electrons.